The van der Waals surface area contributed by atoms with Gasteiger partial charge in [-0.25, -0.2) is 4.98 Å². The summed E-state index contributed by atoms with van der Waals surface area (Å²) in [6.07, 6.45) is 1.81. The highest BCUT2D eigenvalue weighted by Gasteiger charge is 2.37. The minimum atomic E-state index is -0.688. The zero-order chi connectivity index (χ0) is 11.7. The highest BCUT2D eigenvalue weighted by Crippen LogP contribution is 2.32. The molecule has 88 valence electrons. The predicted molar refractivity (Wildman–Crippen MR) is 62.4 cm³/mol. The number of nitrogens with zero attached hydrogens (tertiary/aromatic N) is 2. The summed E-state index contributed by atoms with van der Waals surface area (Å²) in [6, 6.07) is 0.317. The number of hydrogen-bond donors (Lipinski definition) is 1. The SMILES string of the molecule is CC(C(=O)O)C1CN(C(C)c2nccs2)C1. The summed E-state index contributed by atoms with van der Waals surface area (Å²) in [6.45, 7) is 5.65. The average molecular weight is 240 g/mol. The van der Waals surface area contributed by atoms with E-state index < -0.39 is 5.97 Å². The third-order valence-electron chi connectivity index (χ3n) is 3.39. The van der Waals surface area contributed by atoms with Crippen molar-refractivity contribution in [2.45, 2.75) is 19.9 Å². The summed E-state index contributed by atoms with van der Waals surface area (Å²) < 4.78 is 0. The highest BCUT2D eigenvalue weighted by molar-refractivity contribution is 7.09. The van der Waals surface area contributed by atoms with Crippen molar-refractivity contribution in [1.29, 1.82) is 0 Å². The van der Waals surface area contributed by atoms with Crippen LogP contribution < -0.4 is 0 Å². The van der Waals surface area contributed by atoms with Crippen LogP contribution in [0, 0.1) is 11.8 Å². The van der Waals surface area contributed by atoms with Crippen LogP contribution in [-0.4, -0.2) is 34.0 Å². The van der Waals surface area contributed by atoms with E-state index in [1.165, 1.54) is 0 Å². The molecule has 1 fully saturated rings. The molecule has 1 N–H and O–H groups in total. The first kappa shape index (κ1) is 11.5. The fourth-order valence-electron chi connectivity index (χ4n) is 1.98. The molecule has 16 heavy (non-hydrogen) atoms. The number of rotatable bonds is 4. The number of carboxylic acid groups (broad SMARTS) is 1. The first-order valence-electron chi connectivity index (χ1n) is 5.46. The molecule has 0 radical (unpaired) electrons. The Morgan fingerprint density at radius 1 is 1.62 bits per heavy atom. The van der Waals surface area contributed by atoms with Crippen LogP contribution in [0.25, 0.3) is 0 Å². The van der Waals surface area contributed by atoms with Gasteiger partial charge in [0.25, 0.3) is 0 Å². The smallest absolute Gasteiger partial charge is 0.306 e. The molecule has 2 atom stereocenters. The van der Waals surface area contributed by atoms with Crippen molar-refractivity contribution in [3.8, 4) is 0 Å². The van der Waals surface area contributed by atoms with Crippen molar-refractivity contribution in [1.82, 2.24) is 9.88 Å². The molecule has 0 aromatic carbocycles. The van der Waals surface area contributed by atoms with Gasteiger partial charge in [-0.05, 0) is 12.8 Å². The van der Waals surface area contributed by atoms with Crippen LogP contribution in [0.2, 0.25) is 0 Å². The zero-order valence-electron chi connectivity index (χ0n) is 9.46. The van der Waals surface area contributed by atoms with Crippen LogP contribution in [0.1, 0.15) is 24.9 Å². The van der Waals surface area contributed by atoms with E-state index in [0.29, 0.717) is 12.0 Å². The van der Waals surface area contributed by atoms with Crippen LogP contribution in [0.15, 0.2) is 11.6 Å². The van der Waals surface area contributed by atoms with Gasteiger partial charge < -0.3 is 5.11 Å². The molecule has 0 aliphatic carbocycles. The monoisotopic (exact) mass is 240 g/mol. The van der Waals surface area contributed by atoms with Crippen molar-refractivity contribution in [2.75, 3.05) is 13.1 Å². The Morgan fingerprint density at radius 2 is 2.31 bits per heavy atom. The van der Waals surface area contributed by atoms with Gasteiger partial charge in [-0.3, -0.25) is 9.69 Å². The standard InChI is InChI=1S/C11H16N2O2S/c1-7(11(14)15)9-5-13(6-9)8(2)10-12-3-4-16-10/h3-4,7-9H,5-6H2,1-2H3,(H,14,15). The number of aromatic nitrogens is 1. The molecule has 4 nitrogen and oxygen atoms in total. The van der Waals surface area contributed by atoms with E-state index >= 15 is 0 Å². The molecule has 1 aliphatic rings. The van der Waals surface area contributed by atoms with Crippen LogP contribution in [0.5, 0.6) is 0 Å². The number of aliphatic carboxylic acids is 1. The number of thiazole rings is 1. The van der Waals surface area contributed by atoms with Gasteiger partial charge >= 0.3 is 5.97 Å². The van der Waals surface area contributed by atoms with Crippen molar-refractivity contribution in [2.24, 2.45) is 11.8 Å². The van der Waals surface area contributed by atoms with E-state index in [-0.39, 0.29) is 5.92 Å². The molecule has 1 aliphatic heterocycles. The third kappa shape index (κ3) is 2.10. The van der Waals surface area contributed by atoms with Gasteiger partial charge in [-0.2, -0.15) is 0 Å². The van der Waals surface area contributed by atoms with Gasteiger partial charge in [-0.1, -0.05) is 6.92 Å². The Bertz CT molecular complexity index is 360. The maximum atomic E-state index is 10.8. The summed E-state index contributed by atoms with van der Waals surface area (Å²) in [5, 5.41) is 12.0. The summed E-state index contributed by atoms with van der Waals surface area (Å²) in [7, 11) is 0. The van der Waals surface area contributed by atoms with Crippen molar-refractivity contribution in [3.63, 3.8) is 0 Å². The lowest BCUT2D eigenvalue weighted by atomic mass is 9.86. The van der Waals surface area contributed by atoms with Gasteiger partial charge in [0.05, 0.1) is 12.0 Å². The van der Waals surface area contributed by atoms with E-state index in [4.69, 9.17) is 5.11 Å². The quantitative estimate of drug-likeness (QED) is 0.872. The van der Waals surface area contributed by atoms with Gasteiger partial charge in [0, 0.05) is 24.7 Å². The second-order valence-corrected chi connectivity index (χ2v) is 5.31. The maximum absolute atomic E-state index is 10.8. The van der Waals surface area contributed by atoms with Gasteiger partial charge in [-0.15, -0.1) is 11.3 Å². The van der Waals surface area contributed by atoms with Crippen molar-refractivity contribution in [3.05, 3.63) is 16.6 Å². The van der Waals surface area contributed by atoms with Crippen molar-refractivity contribution >= 4 is 17.3 Å². The molecule has 2 heterocycles. The molecular weight excluding hydrogens is 224 g/mol. The van der Waals surface area contributed by atoms with Crippen LogP contribution >= 0.6 is 11.3 Å². The molecule has 0 saturated carbocycles. The van der Waals surface area contributed by atoms with E-state index in [2.05, 4.69) is 16.8 Å². The van der Waals surface area contributed by atoms with Gasteiger partial charge in [0.2, 0.25) is 0 Å². The van der Waals surface area contributed by atoms with E-state index in [9.17, 15) is 4.79 Å². The number of hydrogen-bond acceptors (Lipinski definition) is 4. The largest absolute Gasteiger partial charge is 0.481 e. The van der Waals surface area contributed by atoms with Crippen LogP contribution in [0.4, 0.5) is 0 Å². The average Bonchev–Trinajstić information content (AvgIpc) is 2.67. The molecule has 1 saturated heterocycles. The van der Waals surface area contributed by atoms with E-state index in [1.807, 2.05) is 11.6 Å². The van der Waals surface area contributed by atoms with E-state index in [0.717, 1.165) is 18.1 Å². The van der Waals surface area contributed by atoms with Crippen LogP contribution in [-0.2, 0) is 4.79 Å². The summed E-state index contributed by atoms with van der Waals surface area (Å²) >= 11 is 1.66. The lowest BCUT2D eigenvalue weighted by Gasteiger charge is -2.44. The zero-order valence-corrected chi connectivity index (χ0v) is 10.3. The molecule has 1 aromatic heterocycles. The molecule has 0 amide bonds. The Morgan fingerprint density at radius 3 is 2.81 bits per heavy atom. The molecule has 2 rings (SSSR count). The fraction of sp³-hybridized carbons (Fsp3) is 0.636. The molecule has 2 unspecified atom stereocenters. The minimum absolute atomic E-state index is 0.236. The van der Waals surface area contributed by atoms with E-state index in [1.54, 1.807) is 18.3 Å². The van der Waals surface area contributed by atoms with Gasteiger partial charge in [0.1, 0.15) is 5.01 Å². The second kappa shape index (κ2) is 4.51. The second-order valence-electron chi connectivity index (χ2n) is 4.39. The number of carboxylic acids is 1. The van der Waals surface area contributed by atoms with Gasteiger partial charge in [0.15, 0.2) is 0 Å². The Hall–Kier alpha value is -0.940. The number of likely N-dealkylation sites (tertiary alicyclic amines) is 1. The Balaban J connectivity index is 1.87. The molecular formula is C11H16N2O2S. The van der Waals surface area contributed by atoms with Crippen molar-refractivity contribution < 1.29 is 9.90 Å². The molecule has 0 bridgehead atoms. The normalized spacial score (nSPS) is 21.4. The first-order valence-corrected chi connectivity index (χ1v) is 6.33. The molecule has 0 spiro atoms. The maximum Gasteiger partial charge on any atom is 0.306 e. The Labute approximate surface area is 98.9 Å². The lowest BCUT2D eigenvalue weighted by Crippen LogP contribution is -2.51. The number of carbonyl (C=O) groups is 1. The molecule has 5 heteroatoms. The first-order chi connectivity index (χ1) is 7.59. The Kier molecular flexibility index (Phi) is 3.25. The lowest BCUT2D eigenvalue weighted by molar-refractivity contribution is -0.146. The summed E-state index contributed by atoms with van der Waals surface area (Å²) in [5.41, 5.74) is 0. The van der Waals surface area contributed by atoms with Crippen LogP contribution in [0.3, 0.4) is 0 Å². The highest BCUT2D eigenvalue weighted by atomic mass is 32.1. The fourth-order valence-corrected chi connectivity index (χ4v) is 2.71. The third-order valence-corrected chi connectivity index (χ3v) is 4.34. The summed E-state index contributed by atoms with van der Waals surface area (Å²) in [5.74, 6) is -0.633. The topological polar surface area (TPSA) is 53.4 Å². The minimum Gasteiger partial charge on any atom is -0.481 e. The molecule has 1 aromatic rings. The summed E-state index contributed by atoms with van der Waals surface area (Å²) in [4.78, 5) is 17.4. The predicted octanol–water partition coefficient (Wildman–Crippen LogP) is 1.86.